The number of aromatic nitrogens is 3. The van der Waals surface area contributed by atoms with Gasteiger partial charge in [-0.25, -0.2) is 0 Å². The Hall–Kier alpha value is -1.49. The second-order valence-electron chi connectivity index (χ2n) is 3.20. The standard InChI is InChI=1S/C10H11N3OS/c1-7(2)6-15-10-13-12-9(14-10)8-4-3-5-11-8/h3-5,11H,1,6H2,2H3. The van der Waals surface area contributed by atoms with Crippen LogP contribution >= 0.6 is 11.8 Å². The van der Waals surface area contributed by atoms with E-state index in [1.807, 2.05) is 25.3 Å². The molecule has 0 aromatic carbocycles. The molecule has 4 nitrogen and oxygen atoms in total. The molecule has 2 aromatic rings. The second kappa shape index (κ2) is 4.35. The molecule has 2 aromatic heterocycles. The maximum Gasteiger partial charge on any atom is 0.277 e. The van der Waals surface area contributed by atoms with Gasteiger partial charge in [0.25, 0.3) is 11.1 Å². The van der Waals surface area contributed by atoms with Crippen LogP contribution in [0.4, 0.5) is 0 Å². The zero-order valence-corrected chi connectivity index (χ0v) is 9.17. The van der Waals surface area contributed by atoms with Crippen LogP contribution in [0.1, 0.15) is 6.92 Å². The first-order chi connectivity index (χ1) is 7.25. The summed E-state index contributed by atoms with van der Waals surface area (Å²) in [6.45, 7) is 5.78. The summed E-state index contributed by atoms with van der Waals surface area (Å²) < 4.78 is 5.45. The van der Waals surface area contributed by atoms with Crippen LogP contribution in [0.2, 0.25) is 0 Å². The van der Waals surface area contributed by atoms with Crippen LogP contribution in [0, 0.1) is 0 Å². The van der Waals surface area contributed by atoms with E-state index in [1.165, 1.54) is 11.8 Å². The molecule has 15 heavy (non-hydrogen) atoms. The van der Waals surface area contributed by atoms with Crippen molar-refractivity contribution in [2.45, 2.75) is 12.1 Å². The zero-order valence-electron chi connectivity index (χ0n) is 8.36. The molecular weight excluding hydrogens is 210 g/mol. The average Bonchev–Trinajstić information content (AvgIpc) is 2.85. The van der Waals surface area contributed by atoms with Crippen molar-refractivity contribution in [3.8, 4) is 11.6 Å². The number of thioether (sulfide) groups is 1. The van der Waals surface area contributed by atoms with Crippen molar-refractivity contribution in [3.05, 3.63) is 30.5 Å². The number of nitrogens with one attached hydrogen (secondary N) is 1. The molecule has 1 N–H and O–H groups in total. The molecule has 0 amide bonds. The summed E-state index contributed by atoms with van der Waals surface area (Å²) in [7, 11) is 0. The minimum absolute atomic E-state index is 0.518. The number of rotatable bonds is 4. The molecule has 0 spiro atoms. The highest BCUT2D eigenvalue weighted by atomic mass is 32.2. The van der Waals surface area contributed by atoms with Gasteiger partial charge in [-0.15, -0.1) is 10.2 Å². The summed E-state index contributed by atoms with van der Waals surface area (Å²) in [6.07, 6.45) is 1.82. The van der Waals surface area contributed by atoms with E-state index in [0.717, 1.165) is 17.0 Å². The fourth-order valence-electron chi connectivity index (χ4n) is 1.03. The van der Waals surface area contributed by atoms with Gasteiger partial charge < -0.3 is 9.40 Å². The maximum atomic E-state index is 5.45. The Morgan fingerprint density at radius 3 is 3.13 bits per heavy atom. The molecule has 0 bridgehead atoms. The molecule has 0 unspecified atom stereocenters. The zero-order chi connectivity index (χ0) is 10.7. The first kappa shape index (κ1) is 10.0. The third kappa shape index (κ3) is 2.50. The largest absolute Gasteiger partial charge is 0.410 e. The van der Waals surface area contributed by atoms with Gasteiger partial charge in [-0.2, -0.15) is 0 Å². The number of hydrogen-bond acceptors (Lipinski definition) is 4. The van der Waals surface area contributed by atoms with E-state index in [4.69, 9.17) is 4.42 Å². The van der Waals surface area contributed by atoms with Crippen LogP contribution in [0.15, 0.2) is 40.1 Å². The van der Waals surface area contributed by atoms with Crippen LogP contribution < -0.4 is 0 Å². The van der Waals surface area contributed by atoms with Crippen LogP contribution in [-0.4, -0.2) is 20.9 Å². The van der Waals surface area contributed by atoms with Gasteiger partial charge in [0.05, 0.1) is 0 Å². The third-order valence-electron chi connectivity index (χ3n) is 1.68. The lowest BCUT2D eigenvalue weighted by molar-refractivity contribution is 0.465. The monoisotopic (exact) mass is 221 g/mol. The molecule has 0 saturated heterocycles. The van der Waals surface area contributed by atoms with Crippen molar-refractivity contribution >= 4 is 11.8 Å². The summed E-state index contributed by atoms with van der Waals surface area (Å²) in [6, 6.07) is 3.78. The third-order valence-corrected chi connectivity index (χ3v) is 2.73. The number of hydrogen-bond donors (Lipinski definition) is 1. The lowest BCUT2D eigenvalue weighted by Gasteiger charge is -1.92. The van der Waals surface area contributed by atoms with E-state index in [9.17, 15) is 0 Å². The summed E-state index contributed by atoms with van der Waals surface area (Å²) in [5.41, 5.74) is 1.92. The fourth-order valence-corrected chi connectivity index (χ4v) is 1.63. The number of aromatic amines is 1. The van der Waals surface area contributed by atoms with Gasteiger partial charge in [0.15, 0.2) is 0 Å². The van der Waals surface area contributed by atoms with E-state index in [-0.39, 0.29) is 0 Å². The Balaban J connectivity index is 2.08. The second-order valence-corrected chi connectivity index (χ2v) is 4.13. The van der Waals surface area contributed by atoms with E-state index in [1.54, 1.807) is 0 Å². The summed E-state index contributed by atoms with van der Waals surface area (Å²) in [5.74, 6) is 1.32. The summed E-state index contributed by atoms with van der Waals surface area (Å²) in [5, 5.41) is 8.44. The molecule has 0 saturated carbocycles. The SMILES string of the molecule is C=C(C)CSc1nnc(-c2ccc[nH]2)o1. The first-order valence-electron chi connectivity index (χ1n) is 4.50. The van der Waals surface area contributed by atoms with Crippen molar-refractivity contribution in [2.75, 3.05) is 5.75 Å². The molecule has 2 heterocycles. The predicted octanol–water partition coefficient (Wildman–Crippen LogP) is 2.73. The van der Waals surface area contributed by atoms with E-state index < -0.39 is 0 Å². The molecule has 0 aliphatic heterocycles. The molecule has 0 aliphatic carbocycles. The highest BCUT2D eigenvalue weighted by Crippen LogP contribution is 2.22. The predicted molar refractivity (Wildman–Crippen MR) is 59.6 cm³/mol. The normalized spacial score (nSPS) is 10.5. The molecule has 0 aliphatic rings. The topological polar surface area (TPSA) is 54.7 Å². The van der Waals surface area contributed by atoms with Gasteiger partial charge in [-0.3, -0.25) is 0 Å². The van der Waals surface area contributed by atoms with Gasteiger partial charge in [-0.1, -0.05) is 23.9 Å². The average molecular weight is 221 g/mol. The fraction of sp³-hybridized carbons (Fsp3) is 0.200. The minimum Gasteiger partial charge on any atom is -0.410 e. The molecule has 0 atom stereocenters. The lowest BCUT2D eigenvalue weighted by Crippen LogP contribution is -1.78. The van der Waals surface area contributed by atoms with Crippen molar-refractivity contribution in [1.29, 1.82) is 0 Å². The highest BCUT2D eigenvalue weighted by molar-refractivity contribution is 7.99. The Bertz CT molecular complexity index is 447. The van der Waals surface area contributed by atoms with Crippen molar-refractivity contribution in [3.63, 3.8) is 0 Å². The van der Waals surface area contributed by atoms with Gasteiger partial charge in [0.1, 0.15) is 5.69 Å². The Labute approximate surface area is 91.8 Å². The van der Waals surface area contributed by atoms with E-state index in [2.05, 4.69) is 21.8 Å². The van der Waals surface area contributed by atoms with Gasteiger partial charge in [0, 0.05) is 11.9 Å². The van der Waals surface area contributed by atoms with E-state index >= 15 is 0 Å². The first-order valence-corrected chi connectivity index (χ1v) is 5.48. The summed E-state index contributed by atoms with van der Waals surface area (Å²) >= 11 is 1.49. The Morgan fingerprint density at radius 2 is 2.47 bits per heavy atom. The molecule has 2 rings (SSSR count). The molecule has 0 fully saturated rings. The summed E-state index contributed by atoms with van der Waals surface area (Å²) in [4.78, 5) is 3.01. The van der Waals surface area contributed by atoms with Crippen molar-refractivity contribution in [1.82, 2.24) is 15.2 Å². The number of H-pyrrole nitrogens is 1. The smallest absolute Gasteiger partial charge is 0.277 e. The van der Waals surface area contributed by atoms with Crippen molar-refractivity contribution < 1.29 is 4.42 Å². The highest BCUT2D eigenvalue weighted by Gasteiger charge is 2.08. The van der Waals surface area contributed by atoms with E-state index in [0.29, 0.717) is 11.1 Å². The van der Waals surface area contributed by atoms with Crippen LogP contribution in [0.5, 0.6) is 0 Å². The Kier molecular flexibility index (Phi) is 2.91. The molecule has 0 radical (unpaired) electrons. The molecule has 5 heteroatoms. The van der Waals surface area contributed by atoms with Gasteiger partial charge >= 0.3 is 0 Å². The quantitative estimate of drug-likeness (QED) is 0.637. The van der Waals surface area contributed by atoms with Crippen LogP contribution in [-0.2, 0) is 0 Å². The van der Waals surface area contributed by atoms with Crippen molar-refractivity contribution in [2.24, 2.45) is 0 Å². The maximum absolute atomic E-state index is 5.45. The molecule has 78 valence electrons. The van der Waals surface area contributed by atoms with Gasteiger partial charge in [-0.05, 0) is 19.1 Å². The van der Waals surface area contributed by atoms with Crippen LogP contribution in [0.3, 0.4) is 0 Å². The Morgan fingerprint density at radius 1 is 1.60 bits per heavy atom. The minimum atomic E-state index is 0.518. The molecular formula is C10H11N3OS. The lowest BCUT2D eigenvalue weighted by atomic mass is 10.4. The van der Waals surface area contributed by atoms with Gasteiger partial charge in [0.2, 0.25) is 0 Å². The number of nitrogens with zero attached hydrogens (tertiary/aromatic N) is 2. The van der Waals surface area contributed by atoms with Crippen LogP contribution in [0.25, 0.3) is 11.6 Å².